The Balaban J connectivity index is 1.12. The maximum Gasteiger partial charge on any atom is 0.162 e. The third-order valence-electron chi connectivity index (χ3n) is 11.7. The molecule has 1 aliphatic rings. The molecule has 0 saturated carbocycles. The molecule has 11 aromatic rings. The Hall–Kier alpha value is -7.89. The number of aromatic nitrogens is 3. The maximum atomic E-state index is 6.74. The van der Waals surface area contributed by atoms with Crippen molar-refractivity contribution in [1.82, 2.24) is 15.0 Å². The quantitative estimate of drug-likeness (QED) is 0.168. The molecule has 0 fully saturated rings. The lowest BCUT2D eigenvalue weighted by molar-refractivity contribution is 0.547. The number of allylic oxidation sites excluding steroid dienone is 1. The number of furan rings is 2. The van der Waals surface area contributed by atoms with Crippen LogP contribution in [0.2, 0.25) is 0 Å². The molecule has 0 amide bonds. The summed E-state index contributed by atoms with van der Waals surface area (Å²) >= 11 is 0. The van der Waals surface area contributed by atoms with E-state index in [-0.39, 0.29) is 0 Å². The van der Waals surface area contributed by atoms with Crippen molar-refractivity contribution in [1.29, 1.82) is 0 Å². The number of hydrogen-bond acceptors (Lipinski definition) is 5. The Morgan fingerprint density at radius 3 is 1.92 bits per heavy atom. The molecule has 7 aromatic carbocycles. The van der Waals surface area contributed by atoms with Crippen molar-refractivity contribution >= 4 is 49.9 Å². The zero-order valence-electron chi connectivity index (χ0n) is 32.5. The molecular weight excluding hydrogens is 735 g/mol. The largest absolute Gasteiger partial charge is 0.460 e. The molecule has 0 aliphatic heterocycles. The molecule has 0 radical (unpaired) electrons. The van der Waals surface area contributed by atoms with Crippen LogP contribution >= 0.6 is 0 Å². The molecule has 0 unspecified atom stereocenters. The fourth-order valence-electron chi connectivity index (χ4n) is 8.82. The van der Waals surface area contributed by atoms with Crippen molar-refractivity contribution < 1.29 is 8.83 Å². The number of nitrogens with zero attached hydrogens (tertiary/aromatic N) is 3. The molecule has 0 N–H and O–H groups in total. The first-order valence-corrected chi connectivity index (χ1v) is 20.4. The Morgan fingerprint density at radius 1 is 0.433 bits per heavy atom. The van der Waals surface area contributed by atoms with E-state index in [4.69, 9.17) is 23.8 Å². The van der Waals surface area contributed by atoms with E-state index in [0.717, 1.165) is 118 Å². The van der Waals surface area contributed by atoms with Crippen LogP contribution in [0, 0.1) is 0 Å². The molecule has 0 bridgehead atoms. The van der Waals surface area contributed by atoms with E-state index >= 15 is 0 Å². The number of pyridine rings is 1. The zero-order valence-corrected chi connectivity index (χ0v) is 32.5. The summed E-state index contributed by atoms with van der Waals surface area (Å²) in [6.45, 7) is 0. The van der Waals surface area contributed by atoms with E-state index < -0.39 is 0 Å². The highest BCUT2D eigenvalue weighted by Crippen LogP contribution is 2.44. The van der Waals surface area contributed by atoms with Crippen LogP contribution in [0.25, 0.3) is 117 Å². The van der Waals surface area contributed by atoms with Gasteiger partial charge in [0.15, 0.2) is 11.4 Å². The maximum absolute atomic E-state index is 6.74. The summed E-state index contributed by atoms with van der Waals surface area (Å²) in [5.41, 5.74) is 15.0. The first-order valence-electron chi connectivity index (χ1n) is 20.4. The number of aryl methyl sites for hydroxylation is 1. The molecule has 282 valence electrons. The van der Waals surface area contributed by atoms with E-state index in [1.807, 2.05) is 42.5 Å². The molecular formula is C55H35N3O2. The van der Waals surface area contributed by atoms with Gasteiger partial charge in [-0.2, -0.15) is 0 Å². The number of fused-ring (bicyclic) bond motifs is 8. The molecule has 5 heteroatoms. The zero-order chi connectivity index (χ0) is 39.6. The summed E-state index contributed by atoms with van der Waals surface area (Å²) in [5.74, 6) is 1.68. The minimum absolute atomic E-state index is 0.651. The third kappa shape index (κ3) is 5.74. The minimum atomic E-state index is 0.651. The Labute approximate surface area is 346 Å². The van der Waals surface area contributed by atoms with Gasteiger partial charge < -0.3 is 8.83 Å². The van der Waals surface area contributed by atoms with E-state index in [9.17, 15) is 0 Å². The number of rotatable bonds is 6. The second-order valence-electron chi connectivity index (χ2n) is 15.4. The van der Waals surface area contributed by atoms with Crippen molar-refractivity contribution in [2.24, 2.45) is 0 Å². The van der Waals surface area contributed by atoms with Crippen molar-refractivity contribution in [2.45, 2.75) is 12.8 Å². The van der Waals surface area contributed by atoms with Gasteiger partial charge in [-0.25, -0.2) is 15.0 Å². The highest BCUT2D eigenvalue weighted by Gasteiger charge is 2.22. The molecule has 0 spiro atoms. The van der Waals surface area contributed by atoms with Gasteiger partial charge in [-0.1, -0.05) is 152 Å². The van der Waals surface area contributed by atoms with E-state index in [1.54, 1.807) is 0 Å². The molecule has 4 heterocycles. The van der Waals surface area contributed by atoms with Crippen LogP contribution < -0.4 is 0 Å². The van der Waals surface area contributed by atoms with Gasteiger partial charge in [0, 0.05) is 61.3 Å². The average molecular weight is 770 g/mol. The van der Waals surface area contributed by atoms with Crippen molar-refractivity contribution in [3.05, 3.63) is 193 Å². The van der Waals surface area contributed by atoms with Crippen molar-refractivity contribution in [3.8, 4) is 67.4 Å². The summed E-state index contributed by atoms with van der Waals surface area (Å²) in [6.07, 6.45) is 6.29. The average Bonchev–Trinajstić information content (AvgIpc) is 3.91. The SMILES string of the molecule is C1=Cc2c(oc3c(-c4cc(-c5cc(-c6ccc(-c7ccccc7)cc6)nc(-c6ccccc6)n5)cc(-c5nc6ccccc6c6c5oc5ccccc56)c4)cccc23)CC1. The van der Waals surface area contributed by atoms with Gasteiger partial charge in [-0.3, -0.25) is 0 Å². The highest BCUT2D eigenvalue weighted by atomic mass is 16.3. The second-order valence-corrected chi connectivity index (χ2v) is 15.4. The van der Waals surface area contributed by atoms with Gasteiger partial charge in [0.05, 0.1) is 16.9 Å². The highest BCUT2D eigenvalue weighted by molar-refractivity contribution is 6.21. The smallest absolute Gasteiger partial charge is 0.162 e. The number of benzene rings is 7. The van der Waals surface area contributed by atoms with Crippen molar-refractivity contribution in [2.75, 3.05) is 0 Å². The molecule has 0 atom stereocenters. The summed E-state index contributed by atoms with van der Waals surface area (Å²) in [5, 5.41) is 4.29. The predicted octanol–water partition coefficient (Wildman–Crippen LogP) is 14.6. The van der Waals surface area contributed by atoms with Crippen LogP contribution in [0.5, 0.6) is 0 Å². The van der Waals surface area contributed by atoms with Crippen LogP contribution in [-0.2, 0) is 6.42 Å². The van der Waals surface area contributed by atoms with Crippen LogP contribution in [0.4, 0.5) is 0 Å². The Kier molecular flexibility index (Phi) is 7.91. The summed E-state index contributed by atoms with van der Waals surface area (Å²) < 4.78 is 13.5. The van der Waals surface area contributed by atoms with Gasteiger partial charge in [0.1, 0.15) is 22.6 Å². The first-order chi connectivity index (χ1) is 29.7. The molecule has 60 heavy (non-hydrogen) atoms. The molecule has 5 nitrogen and oxygen atoms in total. The molecule has 0 saturated heterocycles. The van der Waals surface area contributed by atoms with Gasteiger partial charge in [-0.05, 0) is 59.5 Å². The van der Waals surface area contributed by atoms with Gasteiger partial charge in [-0.15, -0.1) is 0 Å². The molecule has 4 aromatic heterocycles. The van der Waals surface area contributed by atoms with E-state index in [1.165, 1.54) is 11.1 Å². The van der Waals surface area contributed by atoms with Gasteiger partial charge in [0.25, 0.3) is 0 Å². The second kappa shape index (κ2) is 13.9. The monoisotopic (exact) mass is 769 g/mol. The van der Waals surface area contributed by atoms with Crippen LogP contribution in [0.3, 0.4) is 0 Å². The lowest BCUT2D eigenvalue weighted by Gasteiger charge is -2.14. The minimum Gasteiger partial charge on any atom is -0.460 e. The topological polar surface area (TPSA) is 65.0 Å². The van der Waals surface area contributed by atoms with Crippen LogP contribution in [0.1, 0.15) is 17.7 Å². The third-order valence-corrected chi connectivity index (χ3v) is 11.7. The van der Waals surface area contributed by atoms with Crippen LogP contribution in [-0.4, -0.2) is 15.0 Å². The fraction of sp³-hybridized carbons (Fsp3) is 0.0364. The first kappa shape index (κ1) is 34.2. The van der Waals surface area contributed by atoms with Gasteiger partial charge in [0.2, 0.25) is 0 Å². The van der Waals surface area contributed by atoms with Crippen molar-refractivity contribution in [3.63, 3.8) is 0 Å². The molecule has 1 aliphatic carbocycles. The summed E-state index contributed by atoms with van der Waals surface area (Å²) in [4.78, 5) is 15.8. The fourth-order valence-corrected chi connectivity index (χ4v) is 8.82. The van der Waals surface area contributed by atoms with Gasteiger partial charge >= 0.3 is 0 Å². The standard InChI is InChI=1S/C55H35N3O2/c1-3-14-34(15-4-1)35-26-28-36(29-27-35)47-33-48(58-55(57-47)37-16-5-2-6-17-37)39-30-38(41-21-13-22-43-42-18-8-11-24-49(42)59-53(41)43)31-40(32-39)52-54-51(44-19-7-10-23-46(44)56-52)45-20-9-12-25-50(45)60-54/h1-10,12-23,25-33H,11,24H2. The summed E-state index contributed by atoms with van der Waals surface area (Å²) in [6, 6.07) is 61.0. The number of para-hydroxylation sites is 3. The predicted molar refractivity (Wildman–Crippen MR) is 244 cm³/mol. The molecule has 12 rings (SSSR count). The van der Waals surface area contributed by atoms with E-state index in [0.29, 0.717) is 5.82 Å². The van der Waals surface area contributed by atoms with E-state index in [2.05, 4.69) is 146 Å². The Bertz CT molecular complexity index is 3470. The lowest BCUT2D eigenvalue weighted by atomic mass is 9.93. The van der Waals surface area contributed by atoms with Crippen LogP contribution in [0.15, 0.2) is 191 Å². The normalized spacial score (nSPS) is 12.5. The number of hydrogen-bond donors (Lipinski definition) is 0. The lowest BCUT2D eigenvalue weighted by Crippen LogP contribution is -1.97. The Morgan fingerprint density at radius 2 is 1.08 bits per heavy atom. The summed E-state index contributed by atoms with van der Waals surface area (Å²) in [7, 11) is 0.